The van der Waals surface area contributed by atoms with Crippen molar-refractivity contribution in [1.29, 1.82) is 0 Å². The second-order valence-electron chi connectivity index (χ2n) is 9.40. The van der Waals surface area contributed by atoms with E-state index in [0.717, 1.165) is 47.7 Å². The number of ether oxygens (including phenoxy) is 2. The van der Waals surface area contributed by atoms with Crippen molar-refractivity contribution in [3.63, 3.8) is 0 Å². The Balaban J connectivity index is 1.26. The molecule has 3 aromatic rings. The fourth-order valence-electron chi connectivity index (χ4n) is 4.41. The number of rotatable bonds is 9. The Labute approximate surface area is 205 Å². The third-order valence-corrected chi connectivity index (χ3v) is 6.64. The number of likely N-dealkylation sites (N-methyl/N-ethyl adjacent to an activating group) is 1. The first-order valence-corrected chi connectivity index (χ1v) is 11.9. The summed E-state index contributed by atoms with van der Waals surface area (Å²) in [5.41, 5.74) is 3.56. The van der Waals surface area contributed by atoms with E-state index in [-0.39, 0.29) is 24.9 Å². The molecule has 0 atom stereocenters. The number of hydrogen-bond acceptors (Lipinski definition) is 6. The van der Waals surface area contributed by atoms with E-state index >= 15 is 0 Å². The number of amides is 1. The van der Waals surface area contributed by atoms with E-state index < -0.39 is 5.41 Å². The minimum Gasteiger partial charge on any atom is -0.454 e. The summed E-state index contributed by atoms with van der Waals surface area (Å²) in [6.07, 6.45) is 1.95. The van der Waals surface area contributed by atoms with Gasteiger partial charge in [-0.25, -0.2) is 0 Å². The van der Waals surface area contributed by atoms with Crippen LogP contribution in [-0.4, -0.2) is 55.6 Å². The first-order chi connectivity index (χ1) is 16.9. The van der Waals surface area contributed by atoms with Crippen LogP contribution in [0.2, 0.25) is 0 Å². The lowest BCUT2D eigenvalue weighted by Crippen LogP contribution is -2.31. The van der Waals surface area contributed by atoms with Crippen molar-refractivity contribution in [2.75, 3.05) is 34.0 Å². The zero-order valence-corrected chi connectivity index (χ0v) is 20.0. The standard InChI is InChI=1S/C28H29N3O4/c1-31(2)15-14-29-27(33)20-8-6-19(7-9-20)23-5-3-4-22(30-23)17-26(32)28(12-13-28)21-10-11-24-25(16-21)35-18-34-24/h3-11,16H,12-15,17-18H2,1-2H3,(H,29,33). The van der Waals surface area contributed by atoms with Crippen molar-refractivity contribution >= 4 is 11.7 Å². The van der Waals surface area contributed by atoms with Gasteiger partial charge in [0.15, 0.2) is 11.5 Å². The van der Waals surface area contributed by atoms with Gasteiger partial charge in [0.2, 0.25) is 6.79 Å². The fraction of sp³-hybridized carbons (Fsp3) is 0.321. The number of fused-ring (bicyclic) bond motifs is 1. The summed E-state index contributed by atoms with van der Waals surface area (Å²) in [4.78, 5) is 32.4. The van der Waals surface area contributed by atoms with Gasteiger partial charge >= 0.3 is 0 Å². The molecule has 1 fully saturated rings. The molecule has 1 aliphatic carbocycles. The Morgan fingerprint density at radius 2 is 1.77 bits per heavy atom. The molecular formula is C28H29N3O4. The summed E-state index contributed by atoms with van der Waals surface area (Å²) in [5, 5.41) is 2.92. The van der Waals surface area contributed by atoms with Crippen molar-refractivity contribution < 1.29 is 19.1 Å². The second kappa shape index (κ2) is 9.50. The smallest absolute Gasteiger partial charge is 0.251 e. The summed E-state index contributed by atoms with van der Waals surface area (Å²) in [7, 11) is 3.94. The van der Waals surface area contributed by atoms with Gasteiger partial charge in [-0.15, -0.1) is 0 Å². The normalized spacial score (nSPS) is 15.2. The largest absolute Gasteiger partial charge is 0.454 e. The van der Waals surface area contributed by atoms with Gasteiger partial charge in [-0.05, 0) is 68.9 Å². The van der Waals surface area contributed by atoms with E-state index in [0.29, 0.717) is 17.9 Å². The van der Waals surface area contributed by atoms with Crippen LogP contribution >= 0.6 is 0 Å². The Morgan fingerprint density at radius 1 is 1.00 bits per heavy atom. The first kappa shape index (κ1) is 23.1. The van der Waals surface area contributed by atoms with Crippen molar-refractivity contribution in [2.45, 2.75) is 24.7 Å². The van der Waals surface area contributed by atoms with Crippen LogP contribution in [0.15, 0.2) is 60.7 Å². The molecule has 1 amide bonds. The molecule has 0 radical (unpaired) electrons. The average molecular weight is 472 g/mol. The molecule has 0 spiro atoms. The predicted octanol–water partition coefficient (Wildman–Crippen LogP) is 3.61. The molecule has 1 aromatic heterocycles. The number of Topliss-reactive ketones (excluding diaryl/α,β-unsaturated/α-hetero) is 1. The van der Waals surface area contributed by atoms with Crippen molar-refractivity contribution in [3.8, 4) is 22.8 Å². The Kier molecular flexibility index (Phi) is 6.26. The monoisotopic (exact) mass is 471 g/mol. The van der Waals surface area contributed by atoms with Gasteiger partial charge in [0, 0.05) is 36.3 Å². The number of benzene rings is 2. The summed E-state index contributed by atoms with van der Waals surface area (Å²) in [5.74, 6) is 1.51. The van der Waals surface area contributed by atoms with Crippen molar-refractivity contribution in [3.05, 3.63) is 77.5 Å². The molecule has 180 valence electrons. The molecule has 1 N–H and O–H groups in total. The molecule has 2 aliphatic rings. The van der Waals surface area contributed by atoms with Crippen molar-refractivity contribution in [1.82, 2.24) is 15.2 Å². The summed E-state index contributed by atoms with van der Waals surface area (Å²) >= 11 is 0. The number of aromatic nitrogens is 1. The van der Waals surface area contributed by atoms with E-state index in [1.54, 1.807) is 12.1 Å². The number of ketones is 1. The van der Waals surface area contributed by atoms with E-state index in [1.807, 2.05) is 67.5 Å². The lowest BCUT2D eigenvalue weighted by Gasteiger charge is -2.15. The molecule has 0 saturated heterocycles. The molecule has 5 rings (SSSR count). The summed E-state index contributed by atoms with van der Waals surface area (Å²) in [6.45, 7) is 1.60. The van der Waals surface area contributed by atoms with Gasteiger partial charge in [-0.3, -0.25) is 14.6 Å². The summed E-state index contributed by atoms with van der Waals surface area (Å²) in [6, 6.07) is 18.9. The van der Waals surface area contributed by atoms with Crippen molar-refractivity contribution in [2.24, 2.45) is 0 Å². The van der Waals surface area contributed by atoms with Crippen LogP contribution in [0.4, 0.5) is 0 Å². The molecule has 1 aliphatic heterocycles. The zero-order chi connectivity index (χ0) is 24.4. The van der Waals surface area contributed by atoms with Gasteiger partial charge in [0.05, 0.1) is 11.1 Å². The highest BCUT2D eigenvalue weighted by atomic mass is 16.7. The minimum atomic E-state index is -0.458. The topological polar surface area (TPSA) is 80.8 Å². The van der Waals surface area contributed by atoms with Crippen LogP contribution in [0.1, 0.15) is 34.5 Å². The average Bonchev–Trinajstić information content (AvgIpc) is 3.55. The van der Waals surface area contributed by atoms with Crippen LogP contribution in [-0.2, 0) is 16.6 Å². The molecule has 2 heterocycles. The van der Waals surface area contributed by atoms with E-state index in [2.05, 4.69) is 5.32 Å². The highest BCUT2D eigenvalue weighted by molar-refractivity contribution is 5.95. The van der Waals surface area contributed by atoms with E-state index in [9.17, 15) is 9.59 Å². The number of nitrogens with one attached hydrogen (secondary N) is 1. The van der Waals surface area contributed by atoms with E-state index in [1.165, 1.54) is 0 Å². The molecule has 1 saturated carbocycles. The molecule has 7 nitrogen and oxygen atoms in total. The first-order valence-electron chi connectivity index (χ1n) is 11.9. The minimum absolute atomic E-state index is 0.0936. The van der Waals surface area contributed by atoms with E-state index in [4.69, 9.17) is 14.5 Å². The fourth-order valence-corrected chi connectivity index (χ4v) is 4.41. The maximum Gasteiger partial charge on any atom is 0.251 e. The van der Waals surface area contributed by atoms with Crippen LogP contribution in [0.25, 0.3) is 11.3 Å². The van der Waals surface area contributed by atoms with Gasteiger partial charge < -0.3 is 19.7 Å². The number of carbonyl (C=O) groups is 2. The highest BCUT2D eigenvalue weighted by Gasteiger charge is 2.51. The van der Waals surface area contributed by atoms with Crippen LogP contribution < -0.4 is 14.8 Å². The molecule has 0 unspecified atom stereocenters. The Bertz CT molecular complexity index is 1250. The Hall–Kier alpha value is -3.71. The number of pyridine rings is 1. The molecule has 7 heteroatoms. The molecule has 0 bridgehead atoms. The van der Waals surface area contributed by atoms with Gasteiger partial charge in [-0.1, -0.05) is 24.3 Å². The zero-order valence-electron chi connectivity index (χ0n) is 20.0. The van der Waals surface area contributed by atoms with Crippen LogP contribution in [0.5, 0.6) is 11.5 Å². The SMILES string of the molecule is CN(C)CCNC(=O)c1ccc(-c2cccc(CC(=O)C3(c4ccc5c(c4)OCO5)CC3)n2)cc1. The third kappa shape index (κ3) is 4.91. The van der Waals surface area contributed by atoms with Gasteiger partial charge in [-0.2, -0.15) is 0 Å². The molecular weight excluding hydrogens is 442 g/mol. The van der Waals surface area contributed by atoms with Gasteiger partial charge in [0.1, 0.15) is 5.78 Å². The quantitative estimate of drug-likeness (QED) is 0.514. The summed E-state index contributed by atoms with van der Waals surface area (Å²) < 4.78 is 10.9. The number of carbonyl (C=O) groups excluding carboxylic acids is 2. The highest BCUT2D eigenvalue weighted by Crippen LogP contribution is 2.51. The molecule has 2 aromatic carbocycles. The molecule has 35 heavy (non-hydrogen) atoms. The number of nitrogens with zero attached hydrogens (tertiary/aromatic N) is 2. The van der Waals surface area contributed by atoms with Gasteiger partial charge in [0.25, 0.3) is 5.91 Å². The van der Waals surface area contributed by atoms with Crippen LogP contribution in [0.3, 0.4) is 0 Å². The predicted molar refractivity (Wildman–Crippen MR) is 133 cm³/mol. The maximum absolute atomic E-state index is 13.3. The second-order valence-corrected chi connectivity index (χ2v) is 9.40. The number of hydrogen-bond donors (Lipinski definition) is 1. The maximum atomic E-state index is 13.3. The lowest BCUT2D eigenvalue weighted by molar-refractivity contribution is -0.120. The lowest BCUT2D eigenvalue weighted by atomic mass is 9.88. The third-order valence-electron chi connectivity index (χ3n) is 6.64. The van der Waals surface area contributed by atoms with Crippen LogP contribution in [0, 0.1) is 0 Å². The Morgan fingerprint density at radius 3 is 2.51 bits per heavy atom.